The molecule has 0 aliphatic rings. The number of carbonyl (C=O) groups excluding carboxylic acids is 1. The van der Waals surface area contributed by atoms with Crippen LogP contribution >= 0.6 is 0 Å². The maximum atomic E-state index is 11.1. The monoisotopic (exact) mass is 241 g/mol. The van der Waals surface area contributed by atoms with Gasteiger partial charge in [0, 0.05) is 5.56 Å². The Morgan fingerprint density at radius 3 is 2.33 bits per heavy atom. The molecule has 1 aromatic carbocycles. The second-order valence-corrected chi connectivity index (χ2v) is 4.42. The summed E-state index contributed by atoms with van der Waals surface area (Å²) in [5.74, 6) is -0.404. The molecule has 94 valence electrons. The molecule has 2 nitrogen and oxygen atoms in total. The van der Waals surface area contributed by atoms with E-state index in [2.05, 4.69) is 6.58 Å². The van der Waals surface area contributed by atoms with Crippen LogP contribution in [0.5, 0.6) is 0 Å². The lowest BCUT2D eigenvalue weighted by molar-refractivity contribution is 0.100. The van der Waals surface area contributed by atoms with Crippen molar-refractivity contribution in [1.82, 2.24) is 0 Å². The smallest absolute Gasteiger partial charge is 0.248 e. The van der Waals surface area contributed by atoms with Gasteiger partial charge in [0.15, 0.2) is 0 Å². The van der Waals surface area contributed by atoms with Gasteiger partial charge >= 0.3 is 0 Å². The highest BCUT2D eigenvalue weighted by Gasteiger charge is 2.01. The molecule has 0 bridgehead atoms. The summed E-state index contributed by atoms with van der Waals surface area (Å²) in [6.07, 6.45) is 4.04. The van der Waals surface area contributed by atoms with Crippen LogP contribution in [0.25, 0.3) is 5.57 Å². The Morgan fingerprint density at radius 2 is 1.78 bits per heavy atom. The van der Waals surface area contributed by atoms with E-state index in [9.17, 15) is 4.79 Å². The number of amides is 1. The Hall–Kier alpha value is -2.09. The number of allylic oxidation sites excluding steroid dienone is 5. The molecule has 0 unspecified atom stereocenters. The van der Waals surface area contributed by atoms with Crippen LogP contribution in [0.3, 0.4) is 0 Å². The predicted molar refractivity (Wildman–Crippen MR) is 77.2 cm³/mol. The summed E-state index contributed by atoms with van der Waals surface area (Å²) in [5.41, 5.74) is 10.1. The van der Waals surface area contributed by atoms with E-state index < -0.39 is 5.91 Å². The Bertz CT molecular complexity index is 536. The molecule has 0 aromatic heterocycles. The zero-order valence-corrected chi connectivity index (χ0v) is 11.2. The fraction of sp³-hybridized carbons (Fsp3) is 0.188. The maximum absolute atomic E-state index is 11.1. The molecule has 1 amide bonds. The lowest BCUT2D eigenvalue weighted by Gasteiger charge is -2.03. The minimum Gasteiger partial charge on any atom is -0.366 e. The van der Waals surface area contributed by atoms with Gasteiger partial charge in [-0.15, -0.1) is 0 Å². The van der Waals surface area contributed by atoms with E-state index >= 15 is 0 Å². The first kappa shape index (κ1) is 14.0. The molecule has 1 rings (SSSR count). The maximum Gasteiger partial charge on any atom is 0.248 e. The van der Waals surface area contributed by atoms with Crippen LogP contribution < -0.4 is 5.73 Å². The third kappa shape index (κ3) is 3.74. The van der Waals surface area contributed by atoms with Crippen LogP contribution in [0.15, 0.2) is 54.1 Å². The van der Waals surface area contributed by atoms with Crippen molar-refractivity contribution in [3.63, 3.8) is 0 Å². The molecule has 0 atom stereocenters. The Balaban J connectivity index is 3.04. The average molecular weight is 241 g/mol. The summed E-state index contributed by atoms with van der Waals surface area (Å²) in [5, 5.41) is 0. The van der Waals surface area contributed by atoms with E-state index in [4.69, 9.17) is 5.73 Å². The number of benzene rings is 1. The zero-order valence-electron chi connectivity index (χ0n) is 11.2. The largest absolute Gasteiger partial charge is 0.366 e. The van der Waals surface area contributed by atoms with Crippen LogP contribution in [0.4, 0.5) is 0 Å². The molecular formula is C16H19NO. The third-order valence-corrected chi connectivity index (χ3v) is 2.86. The van der Waals surface area contributed by atoms with Crippen LogP contribution in [0.2, 0.25) is 0 Å². The van der Waals surface area contributed by atoms with Crippen LogP contribution in [0, 0.1) is 0 Å². The minimum absolute atomic E-state index is 0.404. The quantitative estimate of drug-likeness (QED) is 0.802. The van der Waals surface area contributed by atoms with Gasteiger partial charge in [0.2, 0.25) is 5.91 Å². The minimum atomic E-state index is -0.404. The molecule has 18 heavy (non-hydrogen) atoms. The normalized spacial score (nSPS) is 12.4. The van der Waals surface area contributed by atoms with E-state index in [1.54, 1.807) is 12.1 Å². The molecule has 0 spiro atoms. The molecule has 0 radical (unpaired) electrons. The third-order valence-electron chi connectivity index (χ3n) is 2.86. The van der Waals surface area contributed by atoms with Crippen molar-refractivity contribution in [3.8, 4) is 0 Å². The van der Waals surface area contributed by atoms with Gasteiger partial charge in [-0.1, -0.05) is 36.4 Å². The number of hydrogen-bond donors (Lipinski definition) is 1. The van der Waals surface area contributed by atoms with E-state index in [0.717, 1.165) is 22.3 Å². The molecule has 2 N–H and O–H groups in total. The summed E-state index contributed by atoms with van der Waals surface area (Å²) in [7, 11) is 0. The topological polar surface area (TPSA) is 43.1 Å². The first-order chi connectivity index (χ1) is 8.41. The highest BCUT2D eigenvalue weighted by molar-refractivity contribution is 5.93. The molecule has 0 aliphatic heterocycles. The molecule has 0 heterocycles. The fourth-order valence-corrected chi connectivity index (χ4v) is 1.41. The van der Waals surface area contributed by atoms with Crippen molar-refractivity contribution in [3.05, 3.63) is 65.3 Å². The van der Waals surface area contributed by atoms with Crippen LogP contribution in [-0.2, 0) is 0 Å². The lowest BCUT2D eigenvalue weighted by Crippen LogP contribution is -2.10. The summed E-state index contributed by atoms with van der Waals surface area (Å²) in [6.45, 7) is 9.88. The Morgan fingerprint density at radius 1 is 1.17 bits per heavy atom. The van der Waals surface area contributed by atoms with E-state index in [1.807, 2.05) is 45.1 Å². The standard InChI is InChI=1S/C16H19NO/c1-11(2)12(3)8-9-13(4)14-6-5-7-15(10-14)16(17)18/h5-10H,1H2,2-4H3,(H2,17,18)/b12-8-,13-9+. The molecule has 0 fully saturated rings. The molecule has 1 aromatic rings. The van der Waals surface area contributed by atoms with Crippen molar-refractivity contribution in [1.29, 1.82) is 0 Å². The number of hydrogen-bond acceptors (Lipinski definition) is 1. The van der Waals surface area contributed by atoms with Gasteiger partial charge in [0.05, 0.1) is 0 Å². The fourth-order valence-electron chi connectivity index (χ4n) is 1.41. The van der Waals surface area contributed by atoms with Gasteiger partial charge in [0.1, 0.15) is 0 Å². The average Bonchev–Trinajstić information content (AvgIpc) is 2.35. The van der Waals surface area contributed by atoms with E-state index in [0.29, 0.717) is 5.56 Å². The van der Waals surface area contributed by atoms with Gasteiger partial charge in [-0.2, -0.15) is 0 Å². The molecule has 0 aliphatic carbocycles. The highest BCUT2D eigenvalue weighted by Crippen LogP contribution is 2.16. The van der Waals surface area contributed by atoms with Crippen molar-refractivity contribution >= 4 is 11.5 Å². The SMILES string of the molecule is C=C(C)/C(C)=C\C=C(/C)c1cccc(C(N)=O)c1. The van der Waals surface area contributed by atoms with E-state index in [-0.39, 0.29) is 0 Å². The summed E-state index contributed by atoms with van der Waals surface area (Å²) < 4.78 is 0. The number of carbonyl (C=O) groups is 1. The van der Waals surface area contributed by atoms with E-state index in [1.165, 1.54) is 0 Å². The van der Waals surface area contributed by atoms with Crippen molar-refractivity contribution < 1.29 is 4.79 Å². The molecular weight excluding hydrogens is 222 g/mol. The van der Waals surface area contributed by atoms with Crippen LogP contribution in [-0.4, -0.2) is 5.91 Å². The zero-order chi connectivity index (χ0) is 13.7. The van der Waals surface area contributed by atoms with Crippen molar-refractivity contribution in [2.24, 2.45) is 5.73 Å². The molecule has 2 heteroatoms. The van der Waals surface area contributed by atoms with Crippen molar-refractivity contribution in [2.45, 2.75) is 20.8 Å². The molecule has 0 saturated heterocycles. The van der Waals surface area contributed by atoms with Crippen LogP contribution in [0.1, 0.15) is 36.7 Å². The van der Waals surface area contributed by atoms with Crippen molar-refractivity contribution in [2.75, 3.05) is 0 Å². The van der Waals surface area contributed by atoms with Gasteiger partial charge in [-0.3, -0.25) is 4.79 Å². The highest BCUT2D eigenvalue weighted by atomic mass is 16.1. The first-order valence-corrected chi connectivity index (χ1v) is 5.83. The summed E-state index contributed by atoms with van der Waals surface area (Å²) in [4.78, 5) is 11.1. The predicted octanol–water partition coefficient (Wildman–Crippen LogP) is 3.71. The lowest BCUT2D eigenvalue weighted by atomic mass is 10.0. The molecule has 0 saturated carbocycles. The van der Waals surface area contributed by atoms with Gasteiger partial charge in [0.25, 0.3) is 0 Å². The number of nitrogens with two attached hydrogens (primary N) is 1. The Kier molecular flexibility index (Phi) is 4.67. The number of primary amides is 1. The van der Waals surface area contributed by atoms with Gasteiger partial charge < -0.3 is 5.73 Å². The van der Waals surface area contributed by atoms with Gasteiger partial charge in [-0.05, 0) is 49.6 Å². The Labute approximate surface area is 109 Å². The summed E-state index contributed by atoms with van der Waals surface area (Å²) in [6, 6.07) is 7.32. The second kappa shape index (κ2) is 6.01. The summed E-state index contributed by atoms with van der Waals surface area (Å²) >= 11 is 0. The first-order valence-electron chi connectivity index (χ1n) is 5.83. The van der Waals surface area contributed by atoms with Gasteiger partial charge in [-0.25, -0.2) is 0 Å². The number of rotatable bonds is 4. The second-order valence-electron chi connectivity index (χ2n) is 4.42.